The van der Waals surface area contributed by atoms with Crippen LogP contribution in [0.4, 0.5) is 0 Å². The Morgan fingerprint density at radius 1 is 1.24 bits per heavy atom. The van der Waals surface area contributed by atoms with Gasteiger partial charge in [0.05, 0.1) is 18.9 Å². The van der Waals surface area contributed by atoms with Gasteiger partial charge in [-0.2, -0.15) is 5.10 Å². The largest absolute Gasteiger partial charge is 0.465 e. The summed E-state index contributed by atoms with van der Waals surface area (Å²) in [5.74, 6) is -0.623. The van der Waals surface area contributed by atoms with Gasteiger partial charge < -0.3 is 10.1 Å². The van der Waals surface area contributed by atoms with Crippen LogP contribution in [0.25, 0.3) is 0 Å². The lowest BCUT2D eigenvalue weighted by atomic mass is 10.1. The maximum Gasteiger partial charge on any atom is 0.337 e. The Hall–Kier alpha value is -2.63. The van der Waals surface area contributed by atoms with Crippen molar-refractivity contribution in [3.05, 3.63) is 52.8 Å². The molecule has 6 nitrogen and oxygen atoms in total. The van der Waals surface area contributed by atoms with E-state index in [1.165, 1.54) is 7.11 Å². The molecular weight excluding hydrogens is 270 g/mol. The monoisotopic (exact) mass is 287 g/mol. The molecule has 1 aromatic heterocycles. The third kappa shape index (κ3) is 3.28. The average Bonchev–Trinajstić information content (AvgIpc) is 2.83. The number of hydrogen-bond donors (Lipinski definition) is 1. The van der Waals surface area contributed by atoms with Gasteiger partial charge in [-0.15, -0.1) is 0 Å². The summed E-state index contributed by atoms with van der Waals surface area (Å²) < 4.78 is 6.37. The molecule has 0 unspecified atom stereocenters. The van der Waals surface area contributed by atoms with Crippen LogP contribution in [0.3, 0.4) is 0 Å². The number of carbonyl (C=O) groups is 2. The molecule has 6 heteroatoms. The molecule has 0 aliphatic rings. The molecule has 0 aliphatic heterocycles. The van der Waals surface area contributed by atoms with Gasteiger partial charge in [0.15, 0.2) is 0 Å². The second-order valence-corrected chi connectivity index (χ2v) is 4.63. The first-order valence-electron chi connectivity index (χ1n) is 6.47. The number of hydrogen-bond acceptors (Lipinski definition) is 4. The lowest BCUT2D eigenvalue weighted by Gasteiger charge is -2.06. The van der Waals surface area contributed by atoms with Crippen molar-refractivity contribution in [3.63, 3.8) is 0 Å². The summed E-state index contributed by atoms with van der Waals surface area (Å²) in [6.45, 7) is 2.36. The van der Waals surface area contributed by atoms with Crippen LogP contribution in [-0.2, 0) is 18.3 Å². The van der Waals surface area contributed by atoms with Crippen LogP contribution < -0.4 is 5.32 Å². The first kappa shape index (κ1) is 14.8. The van der Waals surface area contributed by atoms with E-state index >= 15 is 0 Å². The number of nitrogens with one attached hydrogen (secondary N) is 1. The summed E-state index contributed by atoms with van der Waals surface area (Å²) in [5.41, 5.74) is 2.88. The van der Waals surface area contributed by atoms with Crippen molar-refractivity contribution in [3.8, 4) is 0 Å². The van der Waals surface area contributed by atoms with E-state index in [4.69, 9.17) is 0 Å². The van der Waals surface area contributed by atoms with E-state index in [1.54, 1.807) is 35.1 Å². The van der Waals surface area contributed by atoms with Gasteiger partial charge in [0.25, 0.3) is 5.91 Å². The van der Waals surface area contributed by atoms with Gasteiger partial charge in [-0.25, -0.2) is 4.79 Å². The van der Waals surface area contributed by atoms with Crippen molar-refractivity contribution < 1.29 is 14.3 Å². The SMILES string of the molecule is COC(=O)c1ccc(C(=O)NCc2cnn(C)c2C)cc1. The van der Waals surface area contributed by atoms with Crippen LogP contribution in [-0.4, -0.2) is 28.8 Å². The van der Waals surface area contributed by atoms with E-state index in [1.807, 2.05) is 14.0 Å². The zero-order chi connectivity index (χ0) is 15.4. The van der Waals surface area contributed by atoms with Crippen molar-refractivity contribution in [1.29, 1.82) is 0 Å². The predicted octanol–water partition coefficient (Wildman–Crippen LogP) is 1.45. The van der Waals surface area contributed by atoms with Gasteiger partial charge in [-0.1, -0.05) is 0 Å². The molecule has 0 spiro atoms. The number of rotatable bonds is 4. The maximum absolute atomic E-state index is 12.0. The molecule has 0 aliphatic carbocycles. The Labute approximate surface area is 122 Å². The van der Waals surface area contributed by atoms with Gasteiger partial charge in [0.1, 0.15) is 0 Å². The molecule has 0 saturated carbocycles. The Bertz CT molecular complexity index is 659. The topological polar surface area (TPSA) is 73.2 Å². The average molecular weight is 287 g/mol. The van der Waals surface area contributed by atoms with Crippen molar-refractivity contribution in [2.45, 2.75) is 13.5 Å². The van der Waals surface area contributed by atoms with E-state index in [-0.39, 0.29) is 5.91 Å². The molecule has 0 atom stereocenters. The summed E-state index contributed by atoms with van der Waals surface area (Å²) in [7, 11) is 3.17. The molecule has 2 rings (SSSR count). The third-order valence-electron chi connectivity index (χ3n) is 3.34. The van der Waals surface area contributed by atoms with E-state index in [2.05, 4.69) is 15.2 Å². The van der Waals surface area contributed by atoms with Gasteiger partial charge in [-0.05, 0) is 31.2 Å². The standard InChI is InChI=1S/C15H17N3O3/c1-10-13(9-17-18(10)2)8-16-14(19)11-4-6-12(7-5-11)15(20)21-3/h4-7,9H,8H2,1-3H3,(H,16,19). The zero-order valence-corrected chi connectivity index (χ0v) is 12.2. The molecule has 2 aromatic rings. The number of aryl methyl sites for hydroxylation is 1. The normalized spacial score (nSPS) is 10.2. The number of aromatic nitrogens is 2. The minimum atomic E-state index is -0.423. The van der Waals surface area contributed by atoms with Crippen LogP contribution in [0.5, 0.6) is 0 Å². The highest BCUT2D eigenvalue weighted by Gasteiger charge is 2.10. The summed E-state index contributed by atoms with van der Waals surface area (Å²) in [6, 6.07) is 6.32. The number of nitrogens with zero attached hydrogens (tertiary/aromatic N) is 2. The fourth-order valence-corrected chi connectivity index (χ4v) is 1.87. The lowest BCUT2D eigenvalue weighted by molar-refractivity contribution is 0.0600. The second-order valence-electron chi connectivity index (χ2n) is 4.63. The van der Waals surface area contributed by atoms with Crippen LogP contribution >= 0.6 is 0 Å². The number of esters is 1. The van der Waals surface area contributed by atoms with Crippen LogP contribution in [0, 0.1) is 6.92 Å². The van der Waals surface area contributed by atoms with Crippen molar-refractivity contribution >= 4 is 11.9 Å². The molecule has 0 bridgehead atoms. The second kappa shape index (κ2) is 6.21. The lowest BCUT2D eigenvalue weighted by Crippen LogP contribution is -2.23. The molecule has 0 fully saturated rings. The Morgan fingerprint density at radius 2 is 1.86 bits per heavy atom. The van der Waals surface area contributed by atoms with Crippen molar-refractivity contribution in [2.24, 2.45) is 7.05 Å². The Kier molecular flexibility index (Phi) is 4.37. The van der Waals surface area contributed by atoms with Gasteiger partial charge >= 0.3 is 5.97 Å². The number of ether oxygens (including phenoxy) is 1. The van der Waals surface area contributed by atoms with Crippen LogP contribution in [0.1, 0.15) is 32.0 Å². The molecule has 1 N–H and O–H groups in total. The Balaban J connectivity index is 2.00. The predicted molar refractivity (Wildman–Crippen MR) is 76.9 cm³/mol. The first-order valence-corrected chi connectivity index (χ1v) is 6.47. The molecule has 1 amide bonds. The smallest absolute Gasteiger partial charge is 0.337 e. The number of benzene rings is 1. The summed E-state index contributed by atoms with van der Waals surface area (Å²) in [5, 5.41) is 6.94. The third-order valence-corrected chi connectivity index (χ3v) is 3.34. The molecule has 1 aromatic carbocycles. The number of carbonyl (C=O) groups excluding carboxylic acids is 2. The minimum absolute atomic E-state index is 0.199. The highest BCUT2D eigenvalue weighted by molar-refractivity contribution is 5.96. The quantitative estimate of drug-likeness (QED) is 0.864. The summed E-state index contributed by atoms with van der Waals surface area (Å²) in [4.78, 5) is 23.3. The molecule has 1 heterocycles. The molecular formula is C15H17N3O3. The zero-order valence-electron chi connectivity index (χ0n) is 12.2. The van der Waals surface area contributed by atoms with Crippen molar-refractivity contribution in [2.75, 3.05) is 7.11 Å². The number of methoxy groups -OCH3 is 1. The fraction of sp³-hybridized carbons (Fsp3) is 0.267. The fourth-order valence-electron chi connectivity index (χ4n) is 1.87. The van der Waals surface area contributed by atoms with Crippen LogP contribution in [0.15, 0.2) is 30.5 Å². The summed E-state index contributed by atoms with van der Waals surface area (Å²) in [6.07, 6.45) is 1.73. The molecule has 0 radical (unpaired) electrons. The maximum atomic E-state index is 12.0. The van der Waals surface area contributed by atoms with E-state index < -0.39 is 5.97 Å². The van der Waals surface area contributed by atoms with E-state index in [0.717, 1.165) is 11.3 Å². The minimum Gasteiger partial charge on any atom is -0.465 e. The molecule has 110 valence electrons. The van der Waals surface area contributed by atoms with Gasteiger partial charge in [-0.3, -0.25) is 9.48 Å². The molecule has 0 saturated heterocycles. The Morgan fingerprint density at radius 3 is 2.38 bits per heavy atom. The van der Waals surface area contributed by atoms with E-state index in [0.29, 0.717) is 17.7 Å². The summed E-state index contributed by atoms with van der Waals surface area (Å²) >= 11 is 0. The number of amides is 1. The van der Waals surface area contributed by atoms with E-state index in [9.17, 15) is 9.59 Å². The highest BCUT2D eigenvalue weighted by atomic mass is 16.5. The van der Waals surface area contributed by atoms with Crippen LogP contribution in [0.2, 0.25) is 0 Å². The van der Waals surface area contributed by atoms with Gasteiger partial charge in [0, 0.05) is 30.4 Å². The first-order chi connectivity index (χ1) is 10.0. The van der Waals surface area contributed by atoms with Gasteiger partial charge in [0.2, 0.25) is 0 Å². The molecule has 21 heavy (non-hydrogen) atoms. The van der Waals surface area contributed by atoms with Crippen molar-refractivity contribution in [1.82, 2.24) is 15.1 Å². The highest BCUT2D eigenvalue weighted by Crippen LogP contribution is 2.08.